The normalized spacial score (nSPS) is 18.8. The highest BCUT2D eigenvalue weighted by molar-refractivity contribution is 7.22. The van der Waals surface area contributed by atoms with Gasteiger partial charge < -0.3 is 9.47 Å². The second-order valence-corrected chi connectivity index (χ2v) is 9.62. The molecule has 0 atom stereocenters. The van der Waals surface area contributed by atoms with Gasteiger partial charge in [-0.2, -0.15) is 4.39 Å². The smallest absolute Gasteiger partial charge is 0.201 e. The van der Waals surface area contributed by atoms with E-state index in [0.717, 1.165) is 30.1 Å². The summed E-state index contributed by atoms with van der Waals surface area (Å²) in [5, 5.41) is 0.629. The second kappa shape index (κ2) is 10.2. The molecule has 4 rings (SSSR count). The Hall–Kier alpha value is -2.21. The summed E-state index contributed by atoms with van der Waals surface area (Å²) in [6.45, 7) is 4.75. The summed E-state index contributed by atoms with van der Waals surface area (Å²) in [6.07, 6.45) is 7.00. The molecule has 0 amide bonds. The molecular weight excluding hydrogens is 433 g/mol. The van der Waals surface area contributed by atoms with E-state index in [1.54, 1.807) is 25.1 Å². The van der Waals surface area contributed by atoms with Gasteiger partial charge in [0.1, 0.15) is 0 Å². The molecule has 0 N–H and O–H groups in total. The first-order chi connectivity index (χ1) is 15.5. The SMILES string of the molecule is CCCC1CCC(COc2ccc(-c3cc4ccc(OCC)c(F)c4s3)c(F)c2F)CC1. The topological polar surface area (TPSA) is 18.5 Å². The Bertz CT molecular complexity index is 1070. The van der Waals surface area contributed by atoms with Gasteiger partial charge >= 0.3 is 0 Å². The average molecular weight is 463 g/mol. The summed E-state index contributed by atoms with van der Waals surface area (Å²) >= 11 is 1.08. The number of benzene rings is 2. The van der Waals surface area contributed by atoms with Gasteiger partial charge in [0, 0.05) is 10.4 Å². The standard InChI is InChI=1S/C26H29F3O2S/c1-3-5-16-6-8-17(9-7-16)15-31-20-13-11-19(23(27)24(20)28)22-14-18-10-12-21(30-4-2)25(29)26(18)32-22/h10-14,16-17H,3-9,15H2,1-2H3. The van der Waals surface area contributed by atoms with Gasteiger partial charge in [0.25, 0.3) is 0 Å². The third-order valence-corrected chi connectivity index (χ3v) is 7.52. The molecule has 1 aliphatic rings. The van der Waals surface area contributed by atoms with Crippen molar-refractivity contribution in [1.29, 1.82) is 0 Å². The minimum absolute atomic E-state index is 0.0622. The minimum Gasteiger partial charge on any atom is -0.491 e. The lowest BCUT2D eigenvalue weighted by Gasteiger charge is -2.28. The first-order valence-electron chi connectivity index (χ1n) is 11.5. The molecule has 0 spiro atoms. The first-order valence-corrected chi connectivity index (χ1v) is 12.3. The lowest BCUT2D eigenvalue weighted by atomic mass is 9.80. The van der Waals surface area contributed by atoms with Crippen LogP contribution >= 0.6 is 11.3 Å². The molecule has 2 aromatic carbocycles. The van der Waals surface area contributed by atoms with Crippen LogP contribution in [-0.2, 0) is 0 Å². The molecule has 0 radical (unpaired) electrons. The Labute approximate surface area is 191 Å². The third kappa shape index (κ3) is 4.75. The van der Waals surface area contributed by atoms with E-state index >= 15 is 0 Å². The lowest BCUT2D eigenvalue weighted by molar-refractivity contribution is 0.173. The van der Waals surface area contributed by atoms with Crippen molar-refractivity contribution < 1.29 is 22.6 Å². The molecule has 172 valence electrons. The Morgan fingerprint density at radius 1 is 0.844 bits per heavy atom. The van der Waals surface area contributed by atoms with Crippen molar-refractivity contribution in [3.05, 3.63) is 47.8 Å². The summed E-state index contributed by atoms with van der Waals surface area (Å²) < 4.78 is 55.7. The zero-order chi connectivity index (χ0) is 22.7. The number of thiophene rings is 1. The highest BCUT2D eigenvalue weighted by Gasteiger charge is 2.23. The maximum Gasteiger partial charge on any atom is 0.201 e. The summed E-state index contributed by atoms with van der Waals surface area (Å²) in [5.41, 5.74) is 0.105. The predicted octanol–water partition coefficient (Wildman–Crippen LogP) is 8.37. The lowest BCUT2D eigenvalue weighted by Crippen LogP contribution is -2.20. The molecule has 0 saturated heterocycles. The molecule has 0 bridgehead atoms. The number of rotatable bonds is 8. The van der Waals surface area contributed by atoms with Gasteiger partial charge in [-0.05, 0) is 67.3 Å². The average Bonchev–Trinajstić information content (AvgIpc) is 3.23. The number of ether oxygens (including phenoxy) is 2. The molecule has 1 saturated carbocycles. The van der Waals surface area contributed by atoms with Crippen LogP contribution < -0.4 is 9.47 Å². The fraction of sp³-hybridized carbons (Fsp3) is 0.462. The molecular formula is C26H29F3O2S. The molecule has 0 unspecified atom stereocenters. The molecule has 6 heteroatoms. The molecule has 1 fully saturated rings. The molecule has 1 aromatic heterocycles. The van der Waals surface area contributed by atoms with Crippen LogP contribution in [0.15, 0.2) is 30.3 Å². The summed E-state index contributed by atoms with van der Waals surface area (Å²) in [7, 11) is 0. The molecule has 0 aliphatic heterocycles. The van der Waals surface area contributed by atoms with Crippen LogP contribution in [-0.4, -0.2) is 13.2 Å². The van der Waals surface area contributed by atoms with Gasteiger partial charge in [-0.25, -0.2) is 8.78 Å². The fourth-order valence-corrected chi connectivity index (χ4v) is 5.70. The Kier molecular flexibility index (Phi) is 7.29. The van der Waals surface area contributed by atoms with E-state index in [1.165, 1.54) is 37.8 Å². The van der Waals surface area contributed by atoms with Crippen LogP contribution in [0.25, 0.3) is 20.5 Å². The maximum absolute atomic E-state index is 14.9. The van der Waals surface area contributed by atoms with Crippen LogP contribution in [0, 0.1) is 29.3 Å². The quantitative estimate of drug-likeness (QED) is 0.335. The first kappa shape index (κ1) is 23.0. The van der Waals surface area contributed by atoms with Crippen LogP contribution in [0.1, 0.15) is 52.4 Å². The molecule has 2 nitrogen and oxygen atoms in total. The molecule has 3 aromatic rings. The number of hydrogen-bond acceptors (Lipinski definition) is 3. The Morgan fingerprint density at radius 3 is 2.25 bits per heavy atom. The van der Waals surface area contributed by atoms with Gasteiger partial charge in [0.15, 0.2) is 23.1 Å². The Balaban J connectivity index is 1.49. The van der Waals surface area contributed by atoms with Crippen molar-refractivity contribution in [2.24, 2.45) is 11.8 Å². The van der Waals surface area contributed by atoms with Gasteiger partial charge in [-0.15, -0.1) is 11.3 Å². The van der Waals surface area contributed by atoms with Gasteiger partial charge in [-0.3, -0.25) is 0 Å². The van der Waals surface area contributed by atoms with Crippen molar-refractivity contribution >= 4 is 21.4 Å². The number of fused-ring (bicyclic) bond motifs is 1. The molecule has 1 aliphatic carbocycles. The van der Waals surface area contributed by atoms with Gasteiger partial charge in [0.2, 0.25) is 5.82 Å². The fourth-order valence-electron chi connectivity index (χ4n) is 4.59. The van der Waals surface area contributed by atoms with E-state index in [-0.39, 0.29) is 17.1 Å². The molecule has 1 heterocycles. The summed E-state index contributed by atoms with van der Waals surface area (Å²) in [5.74, 6) is -1.16. The third-order valence-electron chi connectivity index (χ3n) is 6.34. The van der Waals surface area contributed by atoms with E-state index in [4.69, 9.17) is 9.47 Å². The van der Waals surface area contributed by atoms with Crippen molar-refractivity contribution in [2.75, 3.05) is 13.2 Å². The van der Waals surface area contributed by atoms with Crippen LogP contribution in [0.3, 0.4) is 0 Å². The number of halogens is 3. The van der Waals surface area contributed by atoms with Crippen LogP contribution in [0.2, 0.25) is 0 Å². The number of hydrogen-bond donors (Lipinski definition) is 0. The van der Waals surface area contributed by atoms with E-state index in [1.807, 2.05) is 0 Å². The monoisotopic (exact) mass is 462 g/mol. The zero-order valence-corrected chi connectivity index (χ0v) is 19.4. The summed E-state index contributed by atoms with van der Waals surface area (Å²) in [6, 6.07) is 7.94. The largest absolute Gasteiger partial charge is 0.491 e. The molecule has 32 heavy (non-hydrogen) atoms. The van der Waals surface area contributed by atoms with Crippen LogP contribution in [0.4, 0.5) is 13.2 Å². The highest BCUT2D eigenvalue weighted by atomic mass is 32.1. The van der Waals surface area contributed by atoms with E-state index < -0.39 is 17.5 Å². The van der Waals surface area contributed by atoms with Crippen molar-refractivity contribution in [1.82, 2.24) is 0 Å². The van der Waals surface area contributed by atoms with E-state index in [0.29, 0.717) is 34.1 Å². The van der Waals surface area contributed by atoms with E-state index in [9.17, 15) is 13.2 Å². The predicted molar refractivity (Wildman–Crippen MR) is 124 cm³/mol. The Morgan fingerprint density at radius 2 is 1.53 bits per heavy atom. The summed E-state index contributed by atoms with van der Waals surface area (Å²) in [4.78, 5) is 0.463. The van der Waals surface area contributed by atoms with Crippen LogP contribution in [0.5, 0.6) is 11.5 Å². The maximum atomic E-state index is 14.9. The second-order valence-electron chi connectivity index (χ2n) is 8.57. The minimum atomic E-state index is -0.991. The van der Waals surface area contributed by atoms with Crippen molar-refractivity contribution in [3.63, 3.8) is 0 Å². The zero-order valence-electron chi connectivity index (χ0n) is 18.6. The van der Waals surface area contributed by atoms with Gasteiger partial charge in [0.05, 0.1) is 17.9 Å². The van der Waals surface area contributed by atoms with Gasteiger partial charge in [-0.1, -0.05) is 32.6 Å². The highest BCUT2D eigenvalue weighted by Crippen LogP contribution is 2.40. The van der Waals surface area contributed by atoms with Crippen molar-refractivity contribution in [3.8, 4) is 21.9 Å². The van der Waals surface area contributed by atoms with E-state index in [2.05, 4.69) is 6.92 Å². The van der Waals surface area contributed by atoms with Crippen molar-refractivity contribution in [2.45, 2.75) is 52.4 Å².